The van der Waals surface area contributed by atoms with Crippen molar-refractivity contribution in [3.05, 3.63) is 330 Å². The van der Waals surface area contributed by atoms with E-state index in [-0.39, 0.29) is 77.5 Å². The van der Waals surface area contributed by atoms with Crippen LogP contribution in [0.4, 0.5) is 15.3 Å². The Morgan fingerprint density at radius 2 is 0.569 bits per heavy atom. The molecule has 0 saturated heterocycles. The molecule has 0 amide bonds. The molecule has 10 aromatic rings. The van der Waals surface area contributed by atoms with E-state index in [1.54, 1.807) is 123 Å². The van der Waals surface area contributed by atoms with Crippen LogP contribution in [0, 0.1) is 41.5 Å². The van der Waals surface area contributed by atoms with Crippen LogP contribution in [-0.4, -0.2) is 146 Å². The summed E-state index contributed by atoms with van der Waals surface area (Å²) in [5.74, 6) is -1.18. The van der Waals surface area contributed by atoms with Gasteiger partial charge >= 0.3 is 72.0 Å². The number of aryl methyl sites for hydroxylation is 4. The molecule has 0 spiro atoms. The van der Waals surface area contributed by atoms with Crippen molar-refractivity contribution in [2.24, 2.45) is 0 Å². The summed E-state index contributed by atoms with van der Waals surface area (Å²) in [5, 5.41) is 0. The molecule has 0 bridgehead atoms. The zero-order valence-corrected chi connectivity index (χ0v) is 78.9. The number of rotatable bonds is 45. The smallest absolute Gasteiger partial charge is 0.494 e. The average molecular weight is 1940 g/mol. The van der Waals surface area contributed by atoms with E-state index in [1.807, 2.05) is 66.3 Å². The number of anilines is 1. The van der Waals surface area contributed by atoms with Gasteiger partial charge in [-0.2, -0.15) is 0 Å². The molecule has 718 valence electrons. The summed E-state index contributed by atoms with van der Waals surface area (Å²) >= 11 is 0. The summed E-state index contributed by atoms with van der Waals surface area (Å²) in [6, 6.07) is 53.5. The first-order chi connectivity index (χ1) is 65.5. The molecule has 1 aromatic heterocycles. The number of benzene rings is 9. The van der Waals surface area contributed by atoms with Crippen molar-refractivity contribution in [2.75, 3.05) is 78.5 Å². The first-order valence-electron chi connectivity index (χ1n) is 43.1. The largest absolute Gasteiger partial charge is 0.513 e. The Labute approximate surface area is 804 Å². The number of hydrogen-bond acceptors (Lipinski definition) is 30. The Balaban J connectivity index is 0.000000281. The fourth-order valence-corrected chi connectivity index (χ4v) is 11.8. The van der Waals surface area contributed by atoms with Crippen LogP contribution in [-0.2, 0) is 54.1 Å². The van der Waals surface area contributed by atoms with Crippen molar-refractivity contribution in [3.63, 3.8) is 0 Å². The quantitative estimate of drug-likeness (QED) is 0.00650. The van der Waals surface area contributed by atoms with Crippen molar-refractivity contribution in [1.82, 2.24) is 0 Å². The van der Waals surface area contributed by atoms with Crippen molar-refractivity contribution < 1.29 is 143 Å². The second-order valence-electron chi connectivity index (χ2n) is 29.9. The summed E-state index contributed by atoms with van der Waals surface area (Å²) in [6.07, 6.45) is 11.2. The summed E-state index contributed by atoms with van der Waals surface area (Å²) in [6.45, 7) is 27.3. The van der Waals surface area contributed by atoms with Crippen LogP contribution in [0.25, 0.3) is 0 Å². The second-order valence-corrected chi connectivity index (χ2v) is 29.9. The zero-order chi connectivity index (χ0) is 98.3. The molecule has 0 unspecified atom stereocenters. The van der Waals surface area contributed by atoms with Gasteiger partial charge in [0.1, 0.15) is 69.9 Å². The second kappa shape index (κ2) is 57.4. The first-order valence-corrected chi connectivity index (χ1v) is 43.1. The van der Waals surface area contributed by atoms with Gasteiger partial charge in [0, 0.05) is 56.2 Å². The topological polar surface area (TPSA) is 369 Å². The van der Waals surface area contributed by atoms with E-state index in [0.29, 0.717) is 170 Å². The Hall–Kier alpha value is -16.0. The van der Waals surface area contributed by atoms with Gasteiger partial charge in [0.25, 0.3) is 0 Å². The van der Waals surface area contributed by atoms with Crippen molar-refractivity contribution in [1.29, 1.82) is 0 Å². The van der Waals surface area contributed by atoms with Crippen LogP contribution in [0.2, 0.25) is 0 Å². The number of nitrogens with zero attached hydrogens (tertiary/aromatic N) is 2. The minimum Gasteiger partial charge on any atom is -0.494 e. The Morgan fingerprint density at radius 3 is 0.898 bits per heavy atom. The number of unbranched alkanes of at least 4 members (excludes halogenated alkanes) is 4. The van der Waals surface area contributed by atoms with Crippen molar-refractivity contribution in [3.8, 4) is 63.2 Å². The van der Waals surface area contributed by atoms with E-state index in [9.17, 15) is 57.5 Å². The van der Waals surface area contributed by atoms with Crippen LogP contribution >= 0.6 is 17.0 Å². The van der Waals surface area contributed by atoms with Gasteiger partial charge in [-0.1, -0.05) is 44.0 Å². The molecule has 0 radical (unpaired) electrons. The highest BCUT2D eigenvalue weighted by molar-refractivity contribution is 8.93. The van der Waals surface area contributed by atoms with Gasteiger partial charge in [-0.15, -0.1) is 17.0 Å². The fourth-order valence-electron chi connectivity index (χ4n) is 11.8. The normalized spacial score (nSPS) is 10.2. The fraction of sp³-hybridized carbons (Fsp3) is 0.248. The lowest BCUT2D eigenvalue weighted by molar-refractivity contribution is -0.697. The summed E-state index contributed by atoms with van der Waals surface area (Å²) in [5.41, 5.74) is 7.40. The van der Waals surface area contributed by atoms with Gasteiger partial charge < -0.3 is 85.4 Å². The number of carbonyl (C=O) groups is 12. The maximum absolute atomic E-state index is 12.9. The van der Waals surface area contributed by atoms with E-state index in [2.05, 4.69) is 47.9 Å². The maximum atomic E-state index is 12.9. The minimum absolute atomic E-state index is 0. The standard InChI is InChI=1S/C37H36O14.C35H36O10.C33H35N2O5.BrH/c1-4-32(38)44-20-6-8-22-46-36(42)49-28-14-10-26(11-15-28)34(40)48-30-18-19-31(25(3)24-30)51-35(41)27-12-16-29(17-13-27)50-37(43)47-23-9-7-21-45-33(39)5-2;1-4-32(36)42-22-8-6-20-40-28-14-10-26(11-15-28)34(38)44-30-18-19-31(25(3)24-30)45-35(39)27-12-16-29(17-13-27)41-21-7-9-23-43-33(37)5-2;1-22-7-9-26(10-8-22)32(36)39-30-21-23(2)31(25(4)24(30)3)40-33(37)27-11-13-29(14-12-27)38-20-19-35-17-15-28(16-18-35)34(5)6;/h4-5,10-19,24H,1-2,6-9,20-23H2,3H3;4-5,10-19,24H,1-2,6-9,20-23H2,3H3;7-18,21H,19-20H2,1-6H3;1H/q;;+1;. The number of ether oxygens (including phenoxy) is 17. The molecular weight excluding hydrogens is 1830 g/mol. The molecule has 0 aliphatic rings. The monoisotopic (exact) mass is 1940 g/mol. The van der Waals surface area contributed by atoms with E-state index in [1.165, 1.54) is 66.7 Å². The predicted molar refractivity (Wildman–Crippen MR) is 509 cm³/mol. The third kappa shape index (κ3) is 37.9. The zero-order valence-electron chi connectivity index (χ0n) is 77.2. The first kappa shape index (κ1) is 108. The molecular formula is C105H108BrN2O29+. The molecule has 9 aromatic carbocycles. The average Bonchev–Trinajstić information content (AvgIpc) is 0.615. The van der Waals surface area contributed by atoms with Gasteiger partial charge in [-0.05, 0) is 297 Å². The highest BCUT2D eigenvalue weighted by Gasteiger charge is 2.23. The van der Waals surface area contributed by atoms with Crippen molar-refractivity contribution >= 4 is 94.7 Å². The number of hydrogen-bond donors (Lipinski definition) is 0. The number of halogens is 1. The van der Waals surface area contributed by atoms with E-state index in [0.717, 1.165) is 46.7 Å². The molecule has 0 N–H and O–H groups in total. The Kier molecular flexibility index (Phi) is 45.3. The Bertz CT molecular complexity index is 5780. The van der Waals surface area contributed by atoms with Gasteiger partial charge in [0.05, 0.1) is 86.2 Å². The summed E-state index contributed by atoms with van der Waals surface area (Å²) < 4.78 is 92.2. The molecule has 0 aliphatic heterocycles. The molecule has 137 heavy (non-hydrogen) atoms. The lowest BCUT2D eigenvalue weighted by Crippen LogP contribution is -2.35. The molecule has 0 atom stereocenters. The molecule has 0 fully saturated rings. The molecule has 32 heteroatoms. The third-order valence-corrected chi connectivity index (χ3v) is 19.4. The minimum atomic E-state index is -0.927. The van der Waals surface area contributed by atoms with Gasteiger partial charge in [0.2, 0.25) is 0 Å². The van der Waals surface area contributed by atoms with Crippen LogP contribution in [0.5, 0.6) is 63.2 Å². The Morgan fingerprint density at radius 1 is 0.285 bits per heavy atom. The van der Waals surface area contributed by atoms with E-state index in [4.69, 9.17) is 80.5 Å². The SMILES string of the molecule is Br.C=CC(=O)OCCCCOC(=O)Oc1ccc(C(=O)Oc2ccc(OC(=O)c3ccc(OC(=O)OCCCCOC(=O)C=C)cc3)c(C)c2)cc1.C=CC(=O)OCCCCOc1ccc(C(=O)Oc2ccc(OC(=O)c3ccc(OCCCCOC(=O)C=C)cc3)c(C)c2)cc1.Cc1ccc(C(=O)Oc2cc(C)c(OC(=O)c3ccc(OCC[n+]4ccc(N(C)C)cc4)cc3)c(C)c2C)cc1. The van der Waals surface area contributed by atoms with Gasteiger partial charge in [-0.25, -0.2) is 62.1 Å². The lowest BCUT2D eigenvalue weighted by Gasteiger charge is -2.16. The van der Waals surface area contributed by atoms with Crippen LogP contribution in [0.15, 0.2) is 263 Å². The van der Waals surface area contributed by atoms with Crippen LogP contribution in [0.1, 0.15) is 147 Å². The van der Waals surface area contributed by atoms with Crippen molar-refractivity contribution in [2.45, 2.75) is 99.5 Å². The molecule has 0 saturated carbocycles. The molecule has 1 heterocycles. The lowest BCUT2D eigenvalue weighted by atomic mass is 10.0. The summed E-state index contributed by atoms with van der Waals surface area (Å²) in [4.78, 5) is 146. The highest BCUT2D eigenvalue weighted by atomic mass is 79.9. The summed E-state index contributed by atoms with van der Waals surface area (Å²) in [7, 11) is 4.02. The number of pyridine rings is 1. The van der Waals surface area contributed by atoms with Crippen LogP contribution in [0.3, 0.4) is 0 Å². The number of aromatic nitrogens is 1. The van der Waals surface area contributed by atoms with Gasteiger partial charge in [0.15, 0.2) is 18.9 Å². The number of carbonyl (C=O) groups excluding carboxylic acids is 12. The van der Waals surface area contributed by atoms with Crippen LogP contribution < -0.4 is 61.6 Å². The molecule has 0 aliphatic carbocycles. The van der Waals surface area contributed by atoms with E-state index >= 15 is 0 Å². The predicted octanol–water partition coefficient (Wildman–Crippen LogP) is 19.1. The van der Waals surface area contributed by atoms with E-state index < -0.39 is 72.0 Å². The van der Waals surface area contributed by atoms with Gasteiger partial charge in [-0.3, -0.25) is 0 Å². The highest BCUT2D eigenvalue weighted by Crippen LogP contribution is 2.35. The molecule has 10 rings (SSSR count). The third-order valence-electron chi connectivity index (χ3n) is 19.4. The number of esters is 10. The maximum Gasteiger partial charge on any atom is 0.513 e. The molecule has 31 nitrogen and oxygen atoms in total.